The van der Waals surface area contributed by atoms with Gasteiger partial charge in [0.25, 0.3) is 5.91 Å². The number of allylic oxidation sites excluding steroid dienone is 3. The molecule has 0 radical (unpaired) electrons. The number of unbranched alkanes of at least 4 members (excludes halogenated alkanes) is 1. The lowest BCUT2D eigenvalue weighted by Gasteiger charge is -2.14. The Morgan fingerprint density at radius 3 is 2.44 bits per heavy atom. The molecule has 0 heterocycles. The first-order valence-corrected chi connectivity index (χ1v) is 6.85. The third-order valence-corrected chi connectivity index (χ3v) is 2.72. The largest absolute Gasteiger partial charge is 0.348 e. The molecule has 18 heavy (non-hydrogen) atoms. The average molecular weight is 250 g/mol. The van der Waals surface area contributed by atoms with Crippen LogP contribution < -0.4 is 5.32 Å². The van der Waals surface area contributed by atoms with Crippen LogP contribution in [0.2, 0.25) is 0 Å². The van der Waals surface area contributed by atoms with Gasteiger partial charge >= 0.3 is 0 Å². The zero-order valence-corrected chi connectivity index (χ0v) is 12.1. The summed E-state index contributed by atoms with van der Waals surface area (Å²) >= 11 is 0. The van der Waals surface area contributed by atoms with Crippen LogP contribution in [0, 0.1) is 0 Å². The highest BCUT2D eigenvalue weighted by Gasteiger charge is 2.10. The fraction of sp³-hybridized carbons (Fsp3) is 0.600. The molecule has 3 nitrogen and oxygen atoms in total. The molecule has 0 saturated heterocycles. The number of aliphatic imine (C=N–C) groups is 1. The summed E-state index contributed by atoms with van der Waals surface area (Å²) in [6, 6.07) is 0.235. The van der Waals surface area contributed by atoms with Crippen LogP contribution in [-0.2, 0) is 4.79 Å². The first-order valence-electron chi connectivity index (χ1n) is 6.85. The molecule has 0 bridgehead atoms. The van der Waals surface area contributed by atoms with Crippen molar-refractivity contribution in [3.63, 3.8) is 0 Å². The molecular formula is C15H26N2O. The predicted octanol–water partition coefficient (Wildman–Crippen LogP) is 3.62. The van der Waals surface area contributed by atoms with Crippen molar-refractivity contribution >= 4 is 12.1 Å². The molecule has 3 heteroatoms. The number of rotatable bonds is 8. The van der Waals surface area contributed by atoms with Crippen LogP contribution in [0.4, 0.5) is 0 Å². The van der Waals surface area contributed by atoms with E-state index < -0.39 is 0 Å². The van der Waals surface area contributed by atoms with E-state index in [1.165, 1.54) is 0 Å². The van der Waals surface area contributed by atoms with Crippen LogP contribution in [-0.4, -0.2) is 18.2 Å². The van der Waals surface area contributed by atoms with Crippen LogP contribution in [0.3, 0.4) is 0 Å². The monoisotopic (exact) mass is 250 g/mol. The molecule has 0 fully saturated rings. The molecule has 0 aromatic heterocycles. The van der Waals surface area contributed by atoms with Gasteiger partial charge in [0.1, 0.15) is 5.70 Å². The number of hydrogen-bond donors (Lipinski definition) is 1. The lowest BCUT2D eigenvalue weighted by molar-refractivity contribution is -0.118. The maximum absolute atomic E-state index is 11.9. The topological polar surface area (TPSA) is 41.5 Å². The number of nitrogens with zero attached hydrogens (tertiary/aromatic N) is 1. The maximum atomic E-state index is 11.9. The van der Waals surface area contributed by atoms with Crippen LogP contribution in [0.1, 0.15) is 53.4 Å². The van der Waals surface area contributed by atoms with Gasteiger partial charge in [0.2, 0.25) is 0 Å². The summed E-state index contributed by atoms with van der Waals surface area (Å²) in [6.45, 7) is 8.10. The lowest BCUT2D eigenvalue weighted by atomic mass is 10.1. The smallest absolute Gasteiger partial charge is 0.269 e. The van der Waals surface area contributed by atoms with Crippen molar-refractivity contribution in [1.82, 2.24) is 5.32 Å². The van der Waals surface area contributed by atoms with Crippen molar-refractivity contribution in [3.8, 4) is 0 Å². The van der Waals surface area contributed by atoms with Crippen molar-refractivity contribution in [2.24, 2.45) is 4.99 Å². The highest BCUT2D eigenvalue weighted by molar-refractivity contribution is 5.95. The fourth-order valence-electron chi connectivity index (χ4n) is 1.46. The Bertz CT molecular complexity index is 312. The molecule has 0 aliphatic heterocycles. The first kappa shape index (κ1) is 16.6. The number of amides is 1. The molecule has 1 amide bonds. The van der Waals surface area contributed by atoms with Gasteiger partial charge in [0.15, 0.2) is 0 Å². The maximum Gasteiger partial charge on any atom is 0.269 e. The molecular weight excluding hydrogens is 224 g/mol. The third-order valence-electron chi connectivity index (χ3n) is 2.72. The van der Waals surface area contributed by atoms with Crippen LogP contribution in [0.15, 0.2) is 28.9 Å². The van der Waals surface area contributed by atoms with E-state index in [4.69, 9.17) is 0 Å². The summed E-state index contributed by atoms with van der Waals surface area (Å²) in [7, 11) is 0. The van der Waals surface area contributed by atoms with E-state index in [0.29, 0.717) is 5.70 Å². The minimum atomic E-state index is -0.0914. The molecule has 102 valence electrons. The number of hydrogen-bond acceptors (Lipinski definition) is 2. The number of nitrogens with one attached hydrogen (secondary N) is 1. The number of carbonyl (C=O) groups is 1. The van der Waals surface area contributed by atoms with Crippen molar-refractivity contribution in [2.45, 2.75) is 59.4 Å². The van der Waals surface area contributed by atoms with E-state index in [1.54, 1.807) is 12.3 Å². The zero-order chi connectivity index (χ0) is 13.8. The third kappa shape index (κ3) is 7.05. The molecule has 1 N–H and O–H groups in total. The Morgan fingerprint density at radius 1 is 1.28 bits per heavy atom. The van der Waals surface area contributed by atoms with Gasteiger partial charge in [-0.1, -0.05) is 39.3 Å². The molecule has 0 unspecified atom stereocenters. The quantitative estimate of drug-likeness (QED) is 0.519. The second-order valence-electron chi connectivity index (χ2n) is 4.16. The van der Waals surface area contributed by atoms with Crippen molar-refractivity contribution in [2.75, 3.05) is 0 Å². The summed E-state index contributed by atoms with van der Waals surface area (Å²) in [6.07, 6.45) is 11.4. The molecule has 0 aromatic carbocycles. The Hall–Kier alpha value is -1.38. The van der Waals surface area contributed by atoms with Crippen molar-refractivity contribution < 1.29 is 4.79 Å². The highest BCUT2D eigenvalue weighted by Crippen LogP contribution is 2.01. The SMILES string of the molecule is C\C=C(/N=C\C=C/CCC)C(=O)NC(CC)CC. The van der Waals surface area contributed by atoms with Gasteiger partial charge in [-0.25, -0.2) is 0 Å². The zero-order valence-electron chi connectivity index (χ0n) is 12.1. The predicted molar refractivity (Wildman–Crippen MR) is 78.8 cm³/mol. The highest BCUT2D eigenvalue weighted by atomic mass is 16.2. The summed E-state index contributed by atoms with van der Waals surface area (Å²) in [5, 5.41) is 2.97. The summed E-state index contributed by atoms with van der Waals surface area (Å²) in [5.41, 5.74) is 0.475. The fourth-order valence-corrected chi connectivity index (χ4v) is 1.46. The van der Waals surface area contributed by atoms with E-state index in [9.17, 15) is 4.79 Å². The molecule has 0 aliphatic rings. The summed E-state index contributed by atoms with van der Waals surface area (Å²) in [4.78, 5) is 16.1. The molecule has 0 spiro atoms. The van der Waals surface area contributed by atoms with Gasteiger partial charge in [-0.2, -0.15) is 0 Å². The van der Waals surface area contributed by atoms with Crippen molar-refractivity contribution in [1.29, 1.82) is 0 Å². The molecule has 0 saturated carbocycles. The van der Waals surface area contributed by atoms with Gasteiger partial charge in [0, 0.05) is 12.3 Å². The van der Waals surface area contributed by atoms with Gasteiger partial charge in [-0.15, -0.1) is 0 Å². The Labute approximate surface area is 111 Å². The molecule has 0 atom stereocenters. The van der Waals surface area contributed by atoms with E-state index in [0.717, 1.165) is 25.7 Å². The normalized spacial score (nSPS) is 12.8. The second kappa shape index (κ2) is 10.8. The van der Waals surface area contributed by atoms with Gasteiger partial charge < -0.3 is 5.32 Å². The second-order valence-corrected chi connectivity index (χ2v) is 4.16. The minimum Gasteiger partial charge on any atom is -0.348 e. The standard InChI is InChI=1S/C15H26N2O/c1-5-9-10-11-12-16-14(8-4)15(18)17-13(6-2)7-3/h8,10-13H,5-7,9H2,1-4H3,(H,17,18)/b11-10-,14-8-,16-12-. The van der Waals surface area contributed by atoms with Gasteiger partial charge in [-0.3, -0.25) is 9.79 Å². The molecule has 0 aliphatic carbocycles. The van der Waals surface area contributed by atoms with Gasteiger partial charge in [0.05, 0.1) is 0 Å². The minimum absolute atomic E-state index is 0.0914. The Kier molecular flexibility index (Phi) is 9.93. The summed E-state index contributed by atoms with van der Waals surface area (Å²) in [5.74, 6) is -0.0914. The van der Waals surface area contributed by atoms with Crippen LogP contribution in [0.25, 0.3) is 0 Å². The number of carbonyl (C=O) groups excluding carboxylic acids is 1. The van der Waals surface area contributed by atoms with E-state index in [-0.39, 0.29) is 11.9 Å². The molecule has 0 aromatic rings. The van der Waals surface area contributed by atoms with Gasteiger partial charge in [-0.05, 0) is 32.3 Å². The Balaban J connectivity index is 4.37. The summed E-state index contributed by atoms with van der Waals surface area (Å²) < 4.78 is 0. The average Bonchev–Trinajstić information content (AvgIpc) is 2.39. The van der Waals surface area contributed by atoms with Crippen molar-refractivity contribution in [3.05, 3.63) is 23.9 Å². The van der Waals surface area contributed by atoms with E-state index >= 15 is 0 Å². The van der Waals surface area contributed by atoms with Crippen LogP contribution in [0.5, 0.6) is 0 Å². The molecule has 0 rings (SSSR count). The van der Waals surface area contributed by atoms with E-state index in [1.807, 2.05) is 13.0 Å². The van der Waals surface area contributed by atoms with Crippen LogP contribution >= 0.6 is 0 Å². The lowest BCUT2D eigenvalue weighted by Crippen LogP contribution is -2.34. The van der Waals surface area contributed by atoms with E-state index in [2.05, 4.69) is 37.2 Å². The Morgan fingerprint density at radius 2 is 1.94 bits per heavy atom. The first-order chi connectivity index (χ1) is 8.69.